The highest BCUT2D eigenvalue weighted by Gasteiger charge is 2.17. The van der Waals surface area contributed by atoms with Crippen LogP contribution in [0.5, 0.6) is 11.5 Å². The molecule has 0 unspecified atom stereocenters. The van der Waals surface area contributed by atoms with Gasteiger partial charge in [0.25, 0.3) is 0 Å². The van der Waals surface area contributed by atoms with Crippen LogP contribution in [-0.2, 0) is 9.59 Å². The fraction of sp³-hybridized carbons (Fsp3) is 0.125. The van der Waals surface area contributed by atoms with Gasteiger partial charge in [-0.1, -0.05) is 6.07 Å². The number of amides is 2. The van der Waals surface area contributed by atoms with E-state index in [0.29, 0.717) is 11.5 Å². The molecule has 120 valence electrons. The molecule has 0 atom stereocenters. The summed E-state index contributed by atoms with van der Waals surface area (Å²) in [6, 6.07) is 10.0. The molecule has 7 heteroatoms. The summed E-state index contributed by atoms with van der Waals surface area (Å²) in [6.45, 7) is 0. The third-order valence-corrected chi connectivity index (χ3v) is 2.94. The van der Waals surface area contributed by atoms with E-state index in [9.17, 15) is 14.0 Å². The first-order chi connectivity index (χ1) is 11.0. The van der Waals surface area contributed by atoms with Gasteiger partial charge in [0.1, 0.15) is 17.3 Å². The molecule has 2 aromatic rings. The Balaban J connectivity index is 2.10. The van der Waals surface area contributed by atoms with Crippen LogP contribution in [0.2, 0.25) is 0 Å². The van der Waals surface area contributed by atoms with Gasteiger partial charge in [-0.05, 0) is 30.3 Å². The highest BCUT2D eigenvalue weighted by atomic mass is 19.1. The highest BCUT2D eigenvalue weighted by molar-refractivity contribution is 6.43. The first-order valence-electron chi connectivity index (χ1n) is 6.63. The third-order valence-electron chi connectivity index (χ3n) is 2.94. The Morgan fingerprint density at radius 1 is 0.957 bits per heavy atom. The van der Waals surface area contributed by atoms with Crippen LogP contribution in [0.4, 0.5) is 15.8 Å². The number of ether oxygens (including phenoxy) is 2. The molecular formula is C16H15FN2O4. The van der Waals surface area contributed by atoms with Gasteiger partial charge >= 0.3 is 11.8 Å². The fourth-order valence-corrected chi connectivity index (χ4v) is 1.84. The molecule has 6 nitrogen and oxygen atoms in total. The Hall–Kier alpha value is -3.09. The van der Waals surface area contributed by atoms with Crippen LogP contribution in [0, 0.1) is 5.82 Å². The molecule has 0 spiro atoms. The van der Waals surface area contributed by atoms with Crippen LogP contribution >= 0.6 is 0 Å². The topological polar surface area (TPSA) is 76.7 Å². The lowest BCUT2D eigenvalue weighted by molar-refractivity contribution is -0.133. The maximum Gasteiger partial charge on any atom is 0.314 e. The Kier molecular flexibility index (Phi) is 5.14. The van der Waals surface area contributed by atoms with Crippen LogP contribution in [0.15, 0.2) is 42.5 Å². The standard InChI is InChI=1S/C16H15FN2O4/c1-22-12-6-7-14(23-2)13(9-12)19-16(21)15(20)18-11-5-3-4-10(17)8-11/h3-9H,1-2H3,(H,18,20)(H,19,21). The average molecular weight is 318 g/mol. The van der Waals surface area contributed by atoms with Crippen molar-refractivity contribution in [2.45, 2.75) is 0 Å². The number of carbonyl (C=O) groups excluding carboxylic acids is 2. The molecule has 0 aliphatic heterocycles. The molecular weight excluding hydrogens is 303 g/mol. The van der Waals surface area contributed by atoms with E-state index in [1.807, 2.05) is 0 Å². The number of hydrogen-bond donors (Lipinski definition) is 2. The number of hydrogen-bond acceptors (Lipinski definition) is 4. The van der Waals surface area contributed by atoms with Crippen LogP contribution in [0.1, 0.15) is 0 Å². The lowest BCUT2D eigenvalue weighted by Gasteiger charge is -2.11. The highest BCUT2D eigenvalue weighted by Crippen LogP contribution is 2.28. The predicted octanol–water partition coefficient (Wildman–Crippen LogP) is 2.42. The zero-order valence-electron chi connectivity index (χ0n) is 12.6. The van der Waals surface area contributed by atoms with Crippen LogP contribution in [0.3, 0.4) is 0 Å². The molecule has 0 aromatic heterocycles. The summed E-state index contributed by atoms with van der Waals surface area (Å²) in [5.74, 6) is -1.50. The lowest BCUT2D eigenvalue weighted by atomic mass is 10.2. The minimum atomic E-state index is -0.930. The summed E-state index contributed by atoms with van der Waals surface area (Å²) in [6.07, 6.45) is 0. The molecule has 0 saturated carbocycles. The van der Waals surface area contributed by atoms with Gasteiger partial charge in [0.15, 0.2) is 0 Å². The zero-order valence-corrected chi connectivity index (χ0v) is 12.6. The van der Waals surface area contributed by atoms with Gasteiger partial charge in [-0.3, -0.25) is 9.59 Å². The van der Waals surface area contributed by atoms with Crippen LogP contribution in [-0.4, -0.2) is 26.0 Å². The summed E-state index contributed by atoms with van der Waals surface area (Å²) in [5.41, 5.74) is 0.467. The van der Waals surface area contributed by atoms with Gasteiger partial charge in [0, 0.05) is 11.8 Å². The predicted molar refractivity (Wildman–Crippen MR) is 83.2 cm³/mol. The molecule has 0 aliphatic carbocycles. The van der Waals surface area contributed by atoms with E-state index in [0.717, 1.165) is 6.07 Å². The van der Waals surface area contributed by atoms with Crippen molar-refractivity contribution in [2.75, 3.05) is 24.9 Å². The van der Waals surface area contributed by atoms with E-state index in [-0.39, 0.29) is 11.4 Å². The van der Waals surface area contributed by atoms with Crippen LogP contribution < -0.4 is 20.1 Å². The summed E-state index contributed by atoms with van der Waals surface area (Å²) in [7, 11) is 2.91. The third kappa shape index (κ3) is 4.19. The zero-order chi connectivity index (χ0) is 16.8. The first kappa shape index (κ1) is 16.3. The monoisotopic (exact) mass is 318 g/mol. The number of benzene rings is 2. The lowest BCUT2D eigenvalue weighted by Crippen LogP contribution is -2.29. The second-order valence-corrected chi connectivity index (χ2v) is 4.48. The van der Waals surface area contributed by atoms with Crippen molar-refractivity contribution in [3.8, 4) is 11.5 Å². The van der Waals surface area contributed by atoms with Gasteiger partial charge in [0.05, 0.1) is 19.9 Å². The summed E-state index contributed by atoms with van der Waals surface area (Å²) < 4.78 is 23.2. The van der Waals surface area contributed by atoms with E-state index in [1.165, 1.54) is 38.5 Å². The molecule has 2 aromatic carbocycles. The summed E-state index contributed by atoms with van der Waals surface area (Å²) in [5, 5.41) is 4.73. The number of rotatable bonds is 4. The van der Waals surface area contributed by atoms with E-state index >= 15 is 0 Å². The maximum absolute atomic E-state index is 13.1. The van der Waals surface area contributed by atoms with E-state index in [4.69, 9.17) is 9.47 Å². The van der Waals surface area contributed by atoms with Crippen molar-refractivity contribution < 1.29 is 23.5 Å². The number of anilines is 2. The van der Waals surface area contributed by atoms with Crippen molar-refractivity contribution >= 4 is 23.2 Å². The molecule has 0 aliphatic rings. The number of nitrogens with one attached hydrogen (secondary N) is 2. The molecule has 23 heavy (non-hydrogen) atoms. The van der Waals surface area contributed by atoms with E-state index < -0.39 is 17.6 Å². The summed E-state index contributed by atoms with van der Waals surface area (Å²) >= 11 is 0. The maximum atomic E-state index is 13.1. The Morgan fingerprint density at radius 3 is 2.35 bits per heavy atom. The smallest absolute Gasteiger partial charge is 0.314 e. The summed E-state index contributed by atoms with van der Waals surface area (Å²) in [4.78, 5) is 23.8. The van der Waals surface area contributed by atoms with E-state index in [1.54, 1.807) is 12.1 Å². The Morgan fingerprint density at radius 2 is 1.70 bits per heavy atom. The Labute approximate surface area is 132 Å². The number of halogens is 1. The molecule has 0 radical (unpaired) electrons. The minimum absolute atomic E-state index is 0.183. The normalized spacial score (nSPS) is 9.87. The molecule has 0 saturated heterocycles. The van der Waals surface area contributed by atoms with Crippen molar-refractivity contribution in [3.05, 3.63) is 48.3 Å². The minimum Gasteiger partial charge on any atom is -0.497 e. The Bertz CT molecular complexity index is 734. The molecule has 0 fully saturated rings. The fourth-order valence-electron chi connectivity index (χ4n) is 1.84. The van der Waals surface area contributed by atoms with Gasteiger partial charge in [0.2, 0.25) is 0 Å². The van der Waals surface area contributed by atoms with Gasteiger partial charge in [-0.25, -0.2) is 4.39 Å². The SMILES string of the molecule is COc1ccc(OC)c(NC(=O)C(=O)Nc2cccc(F)c2)c1. The molecule has 0 bridgehead atoms. The largest absolute Gasteiger partial charge is 0.497 e. The first-order valence-corrected chi connectivity index (χ1v) is 6.63. The van der Waals surface area contributed by atoms with Crippen LogP contribution in [0.25, 0.3) is 0 Å². The van der Waals surface area contributed by atoms with Crippen molar-refractivity contribution in [1.29, 1.82) is 0 Å². The quantitative estimate of drug-likeness (QED) is 0.849. The second-order valence-electron chi connectivity index (χ2n) is 4.48. The molecule has 0 heterocycles. The second kappa shape index (κ2) is 7.26. The number of methoxy groups -OCH3 is 2. The van der Waals surface area contributed by atoms with Gasteiger partial charge < -0.3 is 20.1 Å². The van der Waals surface area contributed by atoms with Crippen molar-refractivity contribution in [3.63, 3.8) is 0 Å². The van der Waals surface area contributed by atoms with Crippen molar-refractivity contribution in [1.82, 2.24) is 0 Å². The van der Waals surface area contributed by atoms with Gasteiger partial charge in [-0.15, -0.1) is 0 Å². The van der Waals surface area contributed by atoms with Crippen molar-refractivity contribution in [2.24, 2.45) is 0 Å². The number of carbonyl (C=O) groups is 2. The average Bonchev–Trinajstić information content (AvgIpc) is 2.54. The molecule has 2 N–H and O–H groups in total. The molecule has 2 rings (SSSR count). The van der Waals surface area contributed by atoms with E-state index in [2.05, 4.69) is 10.6 Å². The molecule has 2 amide bonds. The van der Waals surface area contributed by atoms with Gasteiger partial charge in [-0.2, -0.15) is 0 Å².